The number of carbonyl (C=O) groups is 2. The maximum absolute atomic E-state index is 13.7. The third-order valence-electron chi connectivity index (χ3n) is 5.11. The van der Waals surface area contributed by atoms with Crippen molar-refractivity contribution in [3.8, 4) is 0 Å². The van der Waals surface area contributed by atoms with Gasteiger partial charge in [0.15, 0.2) is 0 Å². The zero-order valence-electron chi connectivity index (χ0n) is 15.4. The van der Waals surface area contributed by atoms with Crippen molar-refractivity contribution in [1.29, 1.82) is 0 Å². The number of benzene rings is 2. The molecule has 3 rings (SSSR count). The molecule has 0 aliphatic carbocycles. The van der Waals surface area contributed by atoms with Crippen LogP contribution in [0.3, 0.4) is 0 Å². The van der Waals surface area contributed by atoms with E-state index in [1.807, 2.05) is 37.3 Å². The summed E-state index contributed by atoms with van der Waals surface area (Å²) in [5, 5.41) is 5.59. The van der Waals surface area contributed by atoms with Crippen LogP contribution in [0.1, 0.15) is 25.3 Å². The Kier molecular flexibility index (Phi) is 5.74. The smallest absolute Gasteiger partial charge is 0.321 e. The number of para-hydroxylation sites is 1. The molecule has 0 radical (unpaired) electrons. The van der Waals surface area contributed by atoms with Gasteiger partial charge in [-0.15, -0.1) is 0 Å². The maximum atomic E-state index is 13.7. The Morgan fingerprint density at radius 3 is 2.33 bits per heavy atom. The predicted octanol–water partition coefficient (Wildman–Crippen LogP) is 3.78. The Morgan fingerprint density at radius 2 is 1.67 bits per heavy atom. The minimum absolute atomic E-state index is 0.000477. The Labute approximate surface area is 158 Å². The van der Waals surface area contributed by atoms with Gasteiger partial charge in [-0.25, -0.2) is 9.18 Å². The monoisotopic (exact) mass is 369 g/mol. The molecule has 0 aromatic heterocycles. The van der Waals surface area contributed by atoms with Crippen molar-refractivity contribution < 1.29 is 14.0 Å². The molecule has 1 aliphatic heterocycles. The van der Waals surface area contributed by atoms with Crippen molar-refractivity contribution in [3.63, 3.8) is 0 Å². The van der Waals surface area contributed by atoms with Crippen molar-refractivity contribution in [3.05, 3.63) is 66.0 Å². The van der Waals surface area contributed by atoms with Crippen LogP contribution in [0.2, 0.25) is 0 Å². The number of rotatable bonds is 4. The SMILES string of the molecule is CC1(C(=O)NCc2ccccc2)CCN(C(=O)Nc2ccccc2F)CC1. The molecule has 1 aliphatic rings. The highest BCUT2D eigenvalue weighted by Gasteiger charge is 2.38. The normalized spacial score (nSPS) is 15.9. The summed E-state index contributed by atoms with van der Waals surface area (Å²) in [5.74, 6) is -0.464. The molecule has 27 heavy (non-hydrogen) atoms. The fraction of sp³-hybridized carbons (Fsp3) is 0.333. The number of anilines is 1. The summed E-state index contributed by atoms with van der Waals surface area (Å²) in [6, 6.07) is 15.5. The number of amides is 3. The highest BCUT2D eigenvalue weighted by Crippen LogP contribution is 2.31. The standard InChI is InChI=1S/C21H24FN3O2/c1-21(19(26)23-15-16-7-3-2-4-8-16)11-13-25(14-12-21)20(27)24-18-10-6-5-9-17(18)22/h2-10H,11-15H2,1H3,(H,23,26)(H,24,27). The number of likely N-dealkylation sites (tertiary alicyclic amines) is 1. The summed E-state index contributed by atoms with van der Waals surface area (Å²) in [7, 11) is 0. The fourth-order valence-electron chi connectivity index (χ4n) is 3.18. The average molecular weight is 369 g/mol. The molecule has 142 valence electrons. The van der Waals surface area contributed by atoms with Crippen LogP contribution in [0, 0.1) is 11.2 Å². The Bertz CT molecular complexity index is 802. The number of hydrogen-bond donors (Lipinski definition) is 2. The van der Waals surface area contributed by atoms with E-state index in [2.05, 4.69) is 10.6 Å². The number of nitrogens with zero attached hydrogens (tertiary/aromatic N) is 1. The molecule has 1 saturated heterocycles. The van der Waals surface area contributed by atoms with Gasteiger partial charge < -0.3 is 15.5 Å². The van der Waals surface area contributed by atoms with E-state index in [-0.39, 0.29) is 17.6 Å². The number of piperidine rings is 1. The van der Waals surface area contributed by atoms with E-state index in [0.29, 0.717) is 32.5 Å². The maximum Gasteiger partial charge on any atom is 0.321 e. The summed E-state index contributed by atoms with van der Waals surface area (Å²) >= 11 is 0. The third-order valence-corrected chi connectivity index (χ3v) is 5.11. The number of nitrogens with one attached hydrogen (secondary N) is 2. The first kappa shape index (κ1) is 18.9. The molecule has 0 spiro atoms. The summed E-state index contributed by atoms with van der Waals surface area (Å²) < 4.78 is 13.7. The van der Waals surface area contributed by atoms with Gasteiger partial charge in [0.05, 0.1) is 5.69 Å². The van der Waals surface area contributed by atoms with Gasteiger partial charge in [-0.1, -0.05) is 49.4 Å². The zero-order chi connectivity index (χ0) is 19.3. The van der Waals surface area contributed by atoms with E-state index in [9.17, 15) is 14.0 Å². The van der Waals surface area contributed by atoms with E-state index < -0.39 is 11.2 Å². The van der Waals surface area contributed by atoms with Gasteiger partial charge >= 0.3 is 6.03 Å². The lowest BCUT2D eigenvalue weighted by Crippen LogP contribution is -2.49. The van der Waals surface area contributed by atoms with Crippen LogP contribution >= 0.6 is 0 Å². The van der Waals surface area contributed by atoms with Gasteiger partial charge in [-0.3, -0.25) is 4.79 Å². The molecule has 6 heteroatoms. The summed E-state index contributed by atoms with van der Waals surface area (Å²) in [4.78, 5) is 26.6. The Balaban J connectivity index is 1.51. The molecular weight excluding hydrogens is 345 g/mol. The van der Waals surface area contributed by atoms with E-state index in [1.54, 1.807) is 17.0 Å². The molecule has 0 unspecified atom stereocenters. The first-order valence-electron chi connectivity index (χ1n) is 9.11. The van der Waals surface area contributed by atoms with Crippen molar-refractivity contribution >= 4 is 17.6 Å². The van der Waals surface area contributed by atoms with Crippen LogP contribution in [-0.4, -0.2) is 29.9 Å². The first-order chi connectivity index (χ1) is 13.0. The van der Waals surface area contributed by atoms with Crippen molar-refractivity contribution in [2.45, 2.75) is 26.3 Å². The highest BCUT2D eigenvalue weighted by molar-refractivity contribution is 5.90. The molecule has 0 atom stereocenters. The van der Waals surface area contributed by atoms with E-state index in [0.717, 1.165) is 5.56 Å². The van der Waals surface area contributed by atoms with Crippen LogP contribution in [-0.2, 0) is 11.3 Å². The molecular formula is C21H24FN3O2. The molecule has 5 nitrogen and oxygen atoms in total. The number of urea groups is 1. The summed E-state index contributed by atoms with van der Waals surface area (Å²) in [6.07, 6.45) is 1.14. The molecule has 1 heterocycles. The van der Waals surface area contributed by atoms with Crippen LogP contribution in [0.25, 0.3) is 0 Å². The van der Waals surface area contributed by atoms with Gasteiger partial charge in [0, 0.05) is 25.0 Å². The quantitative estimate of drug-likeness (QED) is 0.862. The number of halogens is 1. The van der Waals surface area contributed by atoms with Crippen LogP contribution in [0.5, 0.6) is 0 Å². The largest absolute Gasteiger partial charge is 0.352 e. The topological polar surface area (TPSA) is 61.4 Å². The van der Waals surface area contributed by atoms with Gasteiger partial charge in [-0.2, -0.15) is 0 Å². The fourth-order valence-corrected chi connectivity index (χ4v) is 3.18. The molecule has 2 N–H and O–H groups in total. The molecule has 2 aromatic carbocycles. The second kappa shape index (κ2) is 8.20. The predicted molar refractivity (Wildman–Crippen MR) is 103 cm³/mol. The molecule has 2 aromatic rings. The first-order valence-corrected chi connectivity index (χ1v) is 9.11. The summed E-state index contributed by atoms with van der Waals surface area (Å²) in [6.45, 7) is 3.33. The Hall–Kier alpha value is -2.89. The van der Waals surface area contributed by atoms with Crippen molar-refractivity contribution in [1.82, 2.24) is 10.2 Å². The van der Waals surface area contributed by atoms with Crippen LogP contribution in [0.15, 0.2) is 54.6 Å². The van der Waals surface area contributed by atoms with E-state index in [1.165, 1.54) is 12.1 Å². The Morgan fingerprint density at radius 1 is 1.04 bits per heavy atom. The molecule has 0 bridgehead atoms. The van der Waals surface area contributed by atoms with Gasteiger partial charge in [0.25, 0.3) is 0 Å². The van der Waals surface area contributed by atoms with Crippen molar-refractivity contribution in [2.75, 3.05) is 18.4 Å². The lowest BCUT2D eigenvalue weighted by molar-refractivity contribution is -0.132. The molecule has 0 saturated carbocycles. The van der Waals surface area contributed by atoms with E-state index >= 15 is 0 Å². The number of carbonyl (C=O) groups excluding carboxylic acids is 2. The minimum Gasteiger partial charge on any atom is -0.352 e. The van der Waals surface area contributed by atoms with Crippen LogP contribution < -0.4 is 10.6 Å². The molecule has 1 fully saturated rings. The lowest BCUT2D eigenvalue weighted by atomic mass is 9.79. The van der Waals surface area contributed by atoms with Gasteiger partial charge in [0.1, 0.15) is 5.82 Å². The van der Waals surface area contributed by atoms with Crippen molar-refractivity contribution in [2.24, 2.45) is 5.41 Å². The van der Waals surface area contributed by atoms with E-state index in [4.69, 9.17) is 0 Å². The molecule has 3 amide bonds. The average Bonchev–Trinajstić information content (AvgIpc) is 2.69. The zero-order valence-corrected chi connectivity index (χ0v) is 15.4. The van der Waals surface area contributed by atoms with Gasteiger partial charge in [-0.05, 0) is 30.5 Å². The minimum atomic E-state index is -0.510. The summed E-state index contributed by atoms with van der Waals surface area (Å²) in [5.41, 5.74) is 0.705. The van der Waals surface area contributed by atoms with Gasteiger partial charge in [0.2, 0.25) is 5.91 Å². The second-order valence-electron chi connectivity index (χ2n) is 7.13. The highest BCUT2D eigenvalue weighted by atomic mass is 19.1. The third kappa shape index (κ3) is 4.64. The lowest BCUT2D eigenvalue weighted by Gasteiger charge is -2.38. The number of hydrogen-bond acceptors (Lipinski definition) is 2. The van der Waals surface area contributed by atoms with Crippen LogP contribution in [0.4, 0.5) is 14.9 Å². The second-order valence-corrected chi connectivity index (χ2v) is 7.13.